The van der Waals surface area contributed by atoms with Crippen LogP contribution in [0.2, 0.25) is 0 Å². The molecule has 0 N–H and O–H groups in total. The third-order valence-corrected chi connectivity index (χ3v) is 1.55. The average molecular weight is 240 g/mol. The predicted molar refractivity (Wildman–Crippen MR) is 59.7 cm³/mol. The molecule has 0 fully saturated rings. The van der Waals surface area contributed by atoms with E-state index in [0.717, 1.165) is 0 Å². The highest BCUT2D eigenvalue weighted by Crippen LogP contribution is 2.07. The second-order valence-corrected chi connectivity index (χ2v) is 4.29. The number of hydrogen-bond acceptors (Lipinski definition) is 5. The first-order chi connectivity index (χ1) is 7.99. The third-order valence-electron chi connectivity index (χ3n) is 1.55. The van der Waals surface area contributed by atoms with Gasteiger partial charge in [0.2, 0.25) is 6.79 Å². The number of carbonyl (C=O) groups excluding carboxylic acids is 1. The quantitative estimate of drug-likeness (QED) is 0.342. The Morgan fingerprint density at radius 3 is 2.35 bits per heavy atom. The molecular formula is C12H16O5. The first-order valence-electron chi connectivity index (χ1n) is 5.18. The number of carbonyl (C=O) groups is 1. The Balaban J connectivity index is 2.18. The molecule has 0 aliphatic rings. The minimum absolute atomic E-state index is 0.282. The highest BCUT2D eigenvalue weighted by atomic mass is 17.3. The molecule has 0 aliphatic carbocycles. The zero-order chi connectivity index (χ0) is 12.7. The van der Waals surface area contributed by atoms with Gasteiger partial charge in [0.1, 0.15) is 0 Å². The van der Waals surface area contributed by atoms with E-state index in [0.29, 0.717) is 5.56 Å². The fourth-order valence-electron chi connectivity index (χ4n) is 0.920. The first kappa shape index (κ1) is 13.6. The second kappa shape index (κ2) is 6.34. The molecule has 5 nitrogen and oxygen atoms in total. The average Bonchev–Trinajstić information content (AvgIpc) is 2.28. The zero-order valence-corrected chi connectivity index (χ0v) is 10.1. The standard InChI is InChI=1S/C12H16O5/c1-12(2,3)17-15-9-14-16-11(13)10-7-5-4-6-8-10/h4-8H,9H2,1-3H3. The summed E-state index contributed by atoms with van der Waals surface area (Å²) in [4.78, 5) is 30.0. The summed E-state index contributed by atoms with van der Waals surface area (Å²) in [6, 6.07) is 8.51. The van der Waals surface area contributed by atoms with E-state index in [4.69, 9.17) is 4.89 Å². The highest BCUT2D eigenvalue weighted by molar-refractivity contribution is 5.88. The van der Waals surface area contributed by atoms with E-state index in [1.165, 1.54) is 0 Å². The fourth-order valence-corrected chi connectivity index (χ4v) is 0.920. The Labute approximate surface area is 100 Å². The lowest BCUT2D eigenvalue weighted by atomic mass is 10.2. The van der Waals surface area contributed by atoms with Crippen LogP contribution in [0.15, 0.2) is 30.3 Å². The SMILES string of the molecule is CC(C)(C)OOCOOC(=O)c1ccccc1. The molecule has 94 valence electrons. The van der Waals surface area contributed by atoms with Crippen molar-refractivity contribution in [2.24, 2.45) is 0 Å². The Morgan fingerprint density at radius 2 is 1.76 bits per heavy atom. The lowest BCUT2D eigenvalue weighted by Gasteiger charge is -2.16. The van der Waals surface area contributed by atoms with E-state index in [-0.39, 0.29) is 6.79 Å². The van der Waals surface area contributed by atoms with Crippen molar-refractivity contribution in [1.82, 2.24) is 0 Å². The topological polar surface area (TPSA) is 54.0 Å². The van der Waals surface area contributed by atoms with Crippen LogP contribution < -0.4 is 0 Å². The Kier molecular flexibility index (Phi) is 5.09. The van der Waals surface area contributed by atoms with Crippen molar-refractivity contribution in [1.29, 1.82) is 0 Å². The van der Waals surface area contributed by atoms with Crippen molar-refractivity contribution in [3.8, 4) is 0 Å². The lowest BCUT2D eigenvalue weighted by Crippen LogP contribution is -2.20. The third kappa shape index (κ3) is 6.01. The molecule has 0 bridgehead atoms. The summed E-state index contributed by atoms with van der Waals surface area (Å²) >= 11 is 0. The molecule has 5 heteroatoms. The van der Waals surface area contributed by atoms with Gasteiger partial charge in [-0.2, -0.15) is 4.89 Å². The molecule has 0 aromatic heterocycles. The number of rotatable bonds is 5. The van der Waals surface area contributed by atoms with Gasteiger partial charge in [0.25, 0.3) is 0 Å². The number of benzene rings is 1. The van der Waals surface area contributed by atoms with E-state index in [2.05, 4.69) is 14.7 Å². The smallest absolute Gasteiger partial charge is 0.290 e. The van der Waals surface area contributed by atoms with E-state index in [1.54, 1.807) is 30.3 Å². The molecule has 17 heavy (non-hydrogen) atoms. The van der Waals surface area contributed by atoms with Gasteiger partial charge in [-0.15, -0.1) is 0 Å². The summed E-state index contributed by atoms with van der Waals surface area (Å²) in [7, 11) is 0. The van der Waals surface area contributed by atoms with E-state index in [9.17, 15) is 4.79 Å². The van der Waals surface area contributed by atoms with Gasteiger partial charge in [0.05, 0.1) is 11.2 Å². The van der Waals surface area contributed by atoms with E-state index in [1.807, 2.05) is 20.8 Å². The molecule has 0 amide bonds. The molecule has 1 rings (SSSR count). The maximum Gasteiger partial charge on any atom is 0.373 e. The van der Waals surface area contributed by atoms with Crippen molar-refractivity contribution < 1.29 is 24.3 Å². The second-order valence-electron chi connectivity index (χ2n) is 4.29. The lowest BCUT2D eigenvalue weighted by molar-refractivity contribution is -0.425. The zero-order valence-electron chi connectivity index (χ0n) is 10.1. The molecule has 1 aromatic rings. The van der Waals surface area contributed by atoms with Gasteiger partial charge in [-0.1, -0.05) is 18.2 Å². The molecule has 0 unspecified atom stereocenters. The summed E-state index contributed by atoms with van der Waals surface area (Å²) in [6.07, 6.45) is 0. The molecule has 0 saturated carbocycles. The van der Waals surface area contributed by atoms with Gasteiger partial charge in [0.15, 0.2) is 0 Å². The van der Waals surface area contributed by atoms with E-state index >= 15 is 0 Å². The molecule has 0 aliphatic heterocycles. The van der Waals surface area contributed by atoms with Gasteiger partial charge in [-0.25, -0.2) is 14.6 Å². The van der Waals surface area contributed by atoms with Crippen LogP contribution in [0.1, 0.15) is 31.1 Å². The van der Waals surface area contributed by atoms with Crippen LogP contribution >= 0.6 is 0 Å². The van der Waals surface area contributed by atoms with Crippen LogP contribution in [0.25, 0.3) is 0 Å². The van der Waals surface area contributed by atoms with Crippen molar-refractivity contribution in [2.75, 3.05) is 6.79 Å². The van der Waals surface area contributed by atoms with Crippen LogP contribution in [0.4, 0.5) is 0 Å². The Bertz CT molecular complexity index is 342. The normalized spacial score (nSPS) is 11.2. The van der Waals surface area contributed by atoms with Crippen LogP contribution in [-0.2, 0) is 19.6 Å². The summed E-state index contributed by atoms with van der Waals surface area (Å²) < 4.78 is 0. The molecule has 0 heterocycles. The highest BCUT2D eigenvalue weighted by Gasteiger charge is 2.12. The van der Waals surface area contributed by atoms with Crippen LogP contribution in [0, 0.1) is 0 Å². The first-order valence-corrected chi connectivity index (χ1v) is 5.18. The summed E-state index contributed by atoms with van der Waals surface area (Å²) in [6.45, 7) is 5.19. The minimum Gasteiger partial charge on any atom is -0.290 e. The van der Waals surface area contributed by atoms with Crippen LogP contribution in [0.5, 0.6) is 0 Å². The van der Waals surface area contributed by atoms with Gasteiger partial charge < -0.3 is 0 Å². The molecule has 0 atom stereocenters. The largest absolute Gasteiger partial charge is 0.373 e. The van der Waals surface area contributed by atoms with Crippen LogP contribution in [0.3, 0.4) is 0 Å². The minimum atomic E-state index is -0.579. The molecule has 0 saturated heterocycles. The van der Waals surface area contributed by atoms with Gasteiger partial charge in [-0.05, 0) is 32.9 Å². The predicted octanol–water partition coefficient (Wildman–Crippen LogP) is 2.48. The van der Waals surface area contributed by atoms with Gasteiger partial charge in [0, 0.05) is 0 Å². The monoisotopic (exact) mass is 240 g/mol. The summed E-state index contributed by atoms with van der Waals surface area (Å²) in [5.74, 6) is -0.579. The molecule has 1 aromatic carbocycles. The summed E-state index contributed by atoms with van der Waals surface area (Å²) in [5, 5.41) is 0. The van der Waals surface area contributed by atoms with Crippen molar-refractivity contribution in [2.45, 2.75) is 26.4 Å². The number of hydrogen-bond donors (Lipinski definition) is 0. The fraction of sp³-hybridized carbons (Fsp3) is 0.417. The van der Waals surface area contributed by atoms with E-state index < -0.39 is 11.6 Å². The molecular weight excluding hydrogens is 224 g/mol. The van der Waals surface area contributed by atoms with Gasteiger partial charge in [-0.3, -0.25) is 4.89 Å². The maximum absolute atomic E-state index is 11.4. The van der Waals surface area contributed by atoms with Crippen molar-refractivity contribution in [3.63, 3.8) is 0 Å². The van der Waals surface area contributed by atoms with Gasteiger partial charge >= 0.3 is 5.97 Å². The Hall–Kier alpha value is -1.43. The summed E-state index contributed by atoms with van der Waals surface area (Å²) in [5.41, 5.74) is -0.0310. The van der Waals surface area contributed by atoms with Crippen LogP contribution in [-0.4, -0.2) is 18.4 Å². The van der Waals surface area contributed by atoms with Crippen molar-refractivity contribution >= 4 is 5.97 Å². The van der Waals surface area contributed by atoms with Crippen molar-refractivity contribution in [3.05, 3.63) is 35.9 Å². The Morgan fingerprint density at radius 1 is 1.12 bits per heavy atom. The molecule has 0 radical (unpaired) electrons. The molecule has 0 spiro atoms. The maximum atomic E-state index is 11.4.